The Morgan fingerprint density at radius 3 is 2.60 bits per heavy atom. The van der Waals surface area contributed by atoms with Gasteiger partial charge in [0.15, 0.2) is 0 Å². The molecule has 0 aliphatic rings. The summed E-state index contributed by atoms with van der Waals surface area (Å²) in [6.45, 7) is 2.38. The molecule has 0 bridgehead atoms. The molecule has 0 atom stereocenters. The lowest BCUT2D eigenvalue weighted by atomic mass is 10.2. The predicted octanol–water partition coefficient (Wildman–Crippen LogP) is 4.22. The van der Waals surface area contributed by atoms with Crippen LogP contribution in [0.15, 0.2) is 18.2 Å². The van der Waals surface area contributed by atoms with E-state index in [1.807, 2.05) is 0 Å². The standard InChI is InChI=1S/C14H18F3N3/c1-2-3-4-5-9-20-11-8-6-7-10(18)12(11)19-13(20)14(15,16)17/h6-8H,2-5,9,18H2,1H3. The maximum atomic E-state index is 13.1. The van der Waals surface area contributed by atoms with E-state index in [1.54, 1.807) is 18.2 Å². The second-order valence-corrected chi connectivity index (χ2v) is 4.86. The van der Waals surface area contributed by atoms with Crippen molar-refractivity contribution in [3.05, 3.63) is 24.0 Å². The van der Waals surface area contributed by atoms with Crippen LogP contribution in [0, 0.1) is 0 Å². The average Bonchev–Trinajstić information content (AvgIpc) is 2.75. The van der Waals surface area contributed by atoms with Gasteiger partial charge in [0, 0.05) is 6.54 Å². The zero-order valence-corrected chi connectivity index (χ0v) is 11.4. The number of aryl methyl sites for hydroxylation is 1. The fraction of sp³-hybridized carbons (Fsp3) is 0.500. The number of para-hydroxylation sites is 1. The Balaban J connectivity index is 2.40. The molecular formula is C14H18F3N3. The summed E-state index contributed by atoms with van der Waals surface area (Å²) in [6.07, 6.45) is -0.775. The Morgan fingerprint density at radius 1 is 1.20 bits per heavy atom. The normalized spacial score (nSPS) is 12.2. The maximum absolute atomic E-state index is 13.1. The summed E-state index contributed by atoms with van der Waals surface area (Å²) in [7, 11) is 0. The van der Waals surface area contributed by atoms with E-state index >= 15 is 0 Å². The van der Waals surface area contributed by atoms with Gasteiger partial charge in [0.1, 0.15) is 5.52 Å². The van der Waals surface area contributed by atoms with Crippen molar-refractivity contribution in [3.63, 3.8) is 0 Å². The summed E-state index contributed by atoms with van der Waals surface area (Å²) in [5.74, 6) is -0.859. The Bertz CT molecular complexity index is 587. The molecule has 1 heterocycles. The second-order valence-electron chi connectivity index (χ2n) is 4.86. The summed E-state index contributed by atoms with van der Waals surface area (Å²) in [5.41, 5.74) is 6.68. The fourth-order valence-corrected chi connectivity index (χ4v) is 2.31. The van der Waals surface area contributed by atoms with Crippen LogP contribution in [0.3, 0.4) is 0 Å². The SMILES string of the molecule is CCCCCCn1c(C(F)(F)F)nc2c(N)cccc21. The smallest absolute Gasteiger partial charge is 0.397 e. The van der Waals surface area contributed by atoms with Gasteiger partial charge in [0.05, 0.1) is 11.2 Å². The van der Waals surface area contributed by atoms with E-state index in [4.69, 9.17) is 5.73 Å². The summed E-state index contributed by atoms with van der Waals surface area (Å²) in [5, 5.41) is 0. The summed E-state index contributed by atoms with van der Waals surface area (Å²) >= 11 is 0. The van der Waals surface area contributed by atoms with Crippen molar-refractivity contribution in [2.24, 2.45) is 0 Å². The minimum Gasteiger partial charge on any atom is -0.397 e. The van der Waals surface area contributed by atoms with Gasteiger partial charge in [-0.15, -0.1) is 0 Å². The Labute approximate surface area is 115 Å². The van der Waals surface area contributed by atoms with Gasteiger partial charge in [-0.05, 0) is 18.6 Å². The molecule has 2 rings (SSSR count). The monoisotopic (exact) mass is 285 g/mol. The molecular weight excluding hydrogens is 267 g/mol. The van der Waals surface area contributed by atoms with E-state index in [0.29, 0.717) is 18.5 Å². The molecule has 0 unspecified atom stereocenters. The number of hydrogen-bond donors (Lipinski definition) is 1. The minimum atomic E-state index is -4.46. The quantitative estimate of drug-likeness (QED) is 0.660. The van der Waals surface area contributed by atoms with Crippen LogP contribution in [0.4, 0.5) is 18.9 Å². The number of aromatic nitrogens is 2. The van der Waals surface area contributed by atoms with Crippen molar-refractivity contribution >= 4 is 16.7 Å². The molecule has 0 saturated carbocycles. The molecule has 2 N–H and O–H groups in total. The van der Waals surface area contributed by atoms with Gasteiger partial charge in [-0.3, -0.25) is 0 Å². The highest BCUT2D eigenvalue weighted by Gasteiger charge is 2.37. The number of alkyl halides is 3. The third-order valence-corrected chi connectivity index (χ3v) is 3.30. The van der Waals surface area contributed by atoms with Crippen LogP contribution in [0.25, 0.3) is 11.0 Å². The number of halogens is 3. The lowest BCUT2D eigenvalue weighted by Crippen LogP contribution is -2.15. The molecule has 0 radical (unpaired) electrons. The topological polar surface area (TPSA) is 43.8 Å². The molecule has 0 spiro atoms. The predicted molar refractivity (Wildman–Crippen MR) is 73.3 cm³/mol. The molecule has 110 valence electrons. The molecule has 0 aliphatic carbocycles. The fourth-order valence-electron chi connectivity index (χ4n) is 2.31. The zero-order valence-electron chi connectivity index (χ0n) is 11.4. The number of unbranched alkanes of at least 4 members (excludes halogenated alkanes) is 3. The van der Waals surface area contributed by atoms with Crippen molar-refractivity contribution in [1.82, 2.24) is 9.55 Å². The molecule has 0 saturated heterocycles. The van der Waals surface area contributed by atoms with Crippen molar-refractivity contribution in [2.75, 3.05) is 5.73 Å². The number of rotatable bonds is 5. The lowest BCUT2D eigenvalue weighted by molar-refractivity contribution is -0.146. The molecule has 20 heavy (non-hydrogen) atoms. The first-order valence-electron chi connectivity index (χ1n) is 6.77. The minimum absolute atomic E-state index is 0.232. The Kier molecular flexibility index (Phi) is 4.20. The van der Waals surface area contributed by atoms with Gasteiger partial charge >= 0.3 is 6.18 Å². The van der Waals surface area contributed by atoms with E-state index in [2.05, 4.69) is 11.9 Å². The molecule has 0 aliphatic heterocycles. The third kappa shape index (κ3) is 2.89. The highest BCUT2D eigenvalue weighted by Crippen LogP contribution is 2.33. The van der Waals surface area contributed by atoms with Crippen molar-refractivity contribution in [2.45, 2.75) is 45.3 Å². The van der Waals surface area contributed by atoms with Crippen LogP contribution in [-0.4, -0.2) is 9.55 Å². The largest absolute Gasteiger partial charge is 0.449 e. The van der Waals surface area contributed by atoms with Gasteiger partial charge in [0.2, 0.25) is 5.82 Å². The van der Waals surface area contributed by atoms with Gasteiger partial charge in [0.25, 0.3) is 0 Å². The first-order valence-corrected chi connectivity index (χ1v) is 6.77. The molecule has 6 heteroatoms. The van der Waals surface area contributed by atoms with Crippen LogP contribution in [0.1, 0.15) is 38.4 Å². The van der Waals surface area contributed by atoms with Gasteiger partial charge < -0.3 is 10.3 Å². The van der Waals surface area contributed by atoms with Crippen LogP contribution < -0.4 is 5.73 Å². The van der Waals surface area contributed by atoms with Crippen molar-refractivity contribution in [1.29, 1.82) is 0 Å². The molecule has 2 aromatic rings. The Hall–Kier alpha value is -1.72. The number of benzene rings is 1. The van der Waals surface area contributed by atoms with Crippen LogP contribution in [0.2, 0.25) is 0 Å². The average molecular weight is 285 g/mol. The number of nitrogens with zero attached hydrogens (tertiary/aromatic N) is 2. The molecule has 3 nitrogen and oxygen atoms in total. The molecule has 0 fully saturated rings. The second kappa shape index (κ2) is 5.73. The zero-order chi connectivity index (χ0) is 14.8. The van der Waals surface area contributed by atoms with E-state index in [-0.39, 0.29) is 11.2 Å². The first-order chi connectivity index (χ1) is 9.45. The lowest BCUT2D eigenvalue weighted by Gasteiger charge is -2.11. The number of anilines is 1. The summed E-state index contributed by atoms with van der Waals surface area (Å²) < 4.78 is 40.4. The van der Waals surface area contributed by atoms with Gasteiger partial charge in [-0.25, -0.2) is 4.98 Å². The number of fused-ring (bicyclic) bond motifs is 1. The highest BCUT2D eigenvalue weighted by atomic mass is 19.4. The Morgan fingerprint density at radius 2 is 1.95 bits per heavy atom. The maximum Gasteiger partial charge on any atom is 0.449 e. The highest BCUT2D eigenvalue weighted by molar-refractivity contribution is 5.87. The summed E-state index contributed by atoms with van der Waals surface area (Å²) in [4.78, 5) is 3.70. The van der Waals surface area contributed by atoms with E-state index < -0.39 is 12.0 Å². The third-order valence-electron chi connectivity index (χ3n) is 3.30. The van der Waals surface area contributed by atoms with Crippen LogP contribution >= 0.6 is 0 Å². The van der Waals surface area contributed by atoms with Crippen molar-refractivity contribution in [3.8, 4) is 0 Å². The van der Waals surface area contributed by atoms with E-state index in [1.165, 1.54) is 4.57 Å². The summed E-state index contributed by atoms with van der Waals surface area (Å²) in [6, 6.07) is 4.85. The number of nitrogens with two attached hydrogens (primary N) is 1. The number of nitrogen functional groups attached to an aromatic ring is 1. The van der Waals surface area contributed by atoms with Crippen molar-refractivity contribution < 1.29 is 13.2 Å². The molecule has 1 aromatic carbocycles. The number of imidazole rings is 1. The first kappa shape index (κ1) is 14.7. The molecule has 0 amide bonds. The van der Waals surface area contributed by atoms with E-state index in [9.17, 15) is 13.2 Å². The van der Waals surface area contributed by atoms with Gasteiger partial charge in [-0.1, -0.05) is 32.3 Å². The van der Waals surface area contributed by atoms with Crippen LogP contribution in [0.5, 0.6) is 0 Å². The van der Waals surface area contributed by atoms with E-state index in [0.717, 1.165) is 19.3 Å². The number of hydrogen-bond acceptors (Lipinski definition) is 2. The van der Waals surface area contributed by atoms with Crippen LogP contribution in [-0.2, 0) is 12.7 Å². The molecule has 1 aromatic heterocycles. The van der Waals surface area contributed by atoms with Gasteiger partial charge in [-0.2, -0.15) is 13.2 Å².